The molecule has 2 heterocycles. The van der Waals surface area contributed by atoms with Gasteiger partial charge in [0.05, 0.1) is 24.5 Å². The lowest BCUT2D eigenvalue weighted by molar-refractivity contribution is 0.407. The van der Waals surface area contributed by atoms with Gasteiger partial charge in [0.2, 0.25) is 0 Å². The quantitative estimate of drug-likeness (QED) is 0.684. The average molecular weight is 188 g/mol. The molecule has 0 radical (unpaired) electrons. The lowest BCUT2D eigenvalue weighted by Crippen LogP contribution is -2.07. The topological polar surface area (TPSA) is 27.1 Å². The van der Waals surface area contributed by atoms with Gasteiger partial charge >= 0.3 is 0 Å². The van der Waals surface area contributed by atoms with Crippen molar-refractivity contribution >= 4 is 11.0 Å². The molecule has 0 N–H and O–H groups in total. The second kappa shape index (κ2) is 2.74. The van der Waals surface area contributed by atoms with Gasteiger partial charge in [-0.25, -0.2) is 4.98 Å². The first kappa shape index (κ1) is 7.85. The number of nitrogens with zero attached hydrogens (tertiary/aromatic N) is 2. The molecule has 3 heteroatoms. The molecule has 0 unspecified atom stereocenters. The van der Waals surface area contributed by atoms with E-state index < -0.39 is 0 Å². The molecule has 3 nitrogen and oxygen atoms in total. The summed E-state index contributed by atoms with van der Waals surface area (Å²) < 4.78 is 7.58. The van der Waals surface area contributed by atoms with Crippen molar-refractivity contribution < 1.29 is 4.74 Å². The summed E-state index contributed by atoms with van der Waals surface area (Å²) in [4.78, 5) is 4.37. The molecule has 1 aromatic carbocycles. The van der Waals surface area contributed by atoms with E-state index in [4.69, 9.17) is 4.74 Å². The van der Waals surface area contributed by atoms with Gasteiger partial charge in [-0.2, -0.15) is 0 Å². The fourth-order valence-corrected chi connectivity index (χ4v) is 2.25. The first-order valence-corrected chi connectivity index (χ1v) is 4.91. The van der Waals surface area contributed by atoms with Gasteiger partial charge < -0.3 is 9.30 Å². The average Bonchev–Trinajstić information content (AvgIpc) is 2.65. The number of ether oxygens (including phenoxy) is 1. The molecule has 72 valence electrons. The fourth-order valence-electron chi connectivity index (χ4n) is 2.25. The summed E-state index contributed by atoms with van der Waals surface area (Å²) in [6, 6.07) is 4.04. The molecule has 0 amide bonds. The van der Waals surface area contributed by atoms with Gasteiger partial charge in [0, 0.05) is 12.1 Å². The van der Waals surface area contributed by atoms with Crippen molar-refractivity contribution in [3.63, 3.8) is 0 Å². The molecule has 1 aromatic heterocycles. The van der Waals surface area contributed by atoms with Crippen LogP contribution in [0.2, 0.25) is 0 Å². The van der Waals surface area contributed by atoms with E-state index in [1.54, 1.807) is 7.11 Å². The van der Waals surface area contributed by atoms with E-state index in [2.05, 4.69) is 9.55 Å². The maximum atomic E-state index is 5.36. The maximum absolute atomic E-state index is 5.36. The van der Waals surface area contributed by atoms with Crippen LogP contribution in [-0.2, 0) is 13.0 Å². The number of imidazole rings is 1. The molecule has 0 atom stereocenters. The van der Waals surface area contributed by atoms with Crippen molar-refractivity contribution in [1.29, 1.82) is 0 Å². The van der Waals surface area contributed by atoms with Crippen LogP contribution in [0.5, 0.6) is 5.75 Å². The second-order valence-electron chi connectivity index (χ2n) is 3.66. The summed E-state index contributed by atoms with van der Waals surface area (Å²) in [5.41, 5.74) is 3.66. The SMILES string of the molecule is COc1ccc2ncn3c2c1CCC3. The van der Waals surface area contributed by atoms with Gasteiger partial charge in [0.25, 0.3) is 0 Å². The van der Waals surface area contributed by atoms with E-state index >= 15 is 0 Å². The molecule has 0 saturated carbocycles. The van der Waals surface area contributed by atoms with Crippen LogP contribution in [0.3, 0.4) is 0 Å². The van der Waals surface area contributed by atoms with Gasteiger partial charge in [-0.05, 0) is 25.0 Å². The Labute approximate surface area is 82.3 Å². The number of rotatable bonds is 1. The predicted octanol–water partition coefficient (Wildman–Crippen LogP) is 1.99. The highest BCUT2D eigenvalue weighted by atomic mass is 16.5. The van der Waals surface area contributed by atoms with Crippen LogP contribution in [0.25, 0.3) is 11.0 Å². The first-order valence-electron chi connectivity index (χ1n) is 4.91. The van der Waals surface area contributed by atoms with Crippen molar-refractivity contribution in [2.45, 2.75) is 19.4 Å². The smallest absolute Gasteiger partial charge is 0.124 e. The monoisotopic (exact) mass is 188 g/mol. The Morgan fingerprint density at radius 1 is 1.43 bits per heavy atom. The fraction of sp³-hybridized carbons (Fsp3) is 0.364. The van der Waals surface area contributed by atoms with Crippen molar-refractivity contribution in [1.82, 2.24) is 9.55 Å². The molecule has 0 spiro atoms. The summed E-state index contributed by atoms with van der Waals surface area (Å²) >= 11 is 0. The Morgan fingerprint density at radius 3 is 3.21 bits per heavy atom. The standard InChI is InChI=1S/C11H12N2O/c1-14-10-5-4-9-11-8(10)3-2-6-13(11)7-12-9/h4-5,7H,2-3,6H2,1H3. The number of hydrogen-bond acceptors (Lipinski definition) is 2. The van der Waals surface area contributed by atoms with Crippen LogP contribution in [0, 0.1) is 0 Å². The van der Waals surface area contributed by atoms with Gasteiger partial charge in [-0.1, -0.05) is 0 Å². The molecule has 0 saturated heterocycles. The van der Waals surface area contributed by atoms with E-state index in [1.165, 1.54) is 17.5 Å². The molecule has 1 aliphatic heterocycles. The maximum Gasteiger partial charge on any atom is 0.124 e. The van der Waals surface area contributed by atoms with Gasteiger partial charge in [0.1, 0.15) is 5.75 Å². The van der Waals surface area contributed by atoms with E-state index in [0.29, 0.717) is 0 Å². The van der Waals surface area contributed by atoms with E-state index in [-0.39, 0.29) is 0 Å². The zero-order valence-corrected chi connectivity index (χ0v) is 8.16. The third kappa shape index (κ3) is 0.895. The Kier molecular flexibility index (Phi) is 1.54. The predicted molar refractivity (Wildman–Crippen MR) is 54.6 cm³/mol. The highest BCUT2D eigenvalue weighted by Gasteiger charge is 2.16. The van der Waals surface area contributed by atoms with Crippen LogP contribution < -0.4 is 4.74 Å². The number of methoxy groups -OCH3 is 1. The summed E-state index contributed by atoms with van der Waals surface area (Å²) in [6.45, 7) is 1.08. The highest BCUT2D eigenvalue weighted by molar-refractivity contribution is 5.82. The zero-order valence-electron chi connectivity index (χ0n) is 8.16. The molecular weight excluding hydrogens is 176 g/mol. The molecule has 3 rings (SSSR count). The minimum absolute atomic E-state index is 0.999. The largest absolute Gasteiger partial charge is 0.496 e. The Hall–Kier alpha value is -1.51. The third-order valence-corrected chi connectivity index (χ3v) is 2.89. The molecule has 0 fully saturated rings. The normalized spacial score (nSPS) is 14.6. The Morgan fingerprint density at radius 2 is 2.36 bits per heavy atom. The van der Waals surface area contributed by atoms with E-state index in [9.17, 15) is 0 Å². The molecular formula is C11H12N2O. The van der Waals surface area contributed by atoms with Crippen LogP contribution in [0.4, 0.5) is 0 Å². The summed E-state index contributed by atoms with van der Waals surface area (Å²) in [7, 11) is 1.73. The lowest BCUT2D eigenvalue weighted by Gasteiger charge is -2.16. The zero-order chi connectivity index (χ0) is 9.54. The van der Waals surface area contributed by atoms with Crippen molar-refractivity contribution in [3.8, 4) is 5.75 Å². The third-order valence-electron chi connectivity index (χ3n) is 2.89. The van der Waals surface area contributed by atoms with Gasteiger partial charge in [0.15, 0.2) is 0 Å². The van der Waals surface area contributed by atoms with Gasteiger partial charge in [-0.15, -0.1) is 0 Å². The summed E-state index contributed by atoms with van der Waals surface area (Å²) in [5.74, 6) is 0.999. The molecule has 14 heavy (non-hydrogen) atoms. The van der Waals surface area contributed by atoms with E-state index in [0.717, 1.165) is 24.2 Å². The van der Waals surface area contributed by atoms with Crippen LogP contribution in [0.15, 0.2) is 18.5 Å². The molecule has 1 aliphatic rings. The highest BCUT2D eigenvalue weighted by Crippen LogP contribution is 2.31. The number of aromatic nitrogens is 2. The van der Waals surface area contributed by atoms with Crippen molar-refractivity contribution in [2.75, 3.05) is 7.11 Å². The first-order chi connectivity index (χ1) is 6.90. The van der Waals surface area contributed by atoms with Crippen molar-refractivity contribution in [2.24, 2.45) is 0 Å². The minimum Gasteiger partial charge on any atom is -0.496 e. The minimum atomic E-state index is 0.999. The van der Waals surface area contributed by atoms with Gasteiger partial charge in [-0.3, -0.25) is 0 Å². The number of benzene rings is 1. The summed E-state index contributed by atoms with van der Waals surface area (Å²) in [6.07, 6.45) is 4.21. The lowest BCUT2D eigenvalue weighted by atomic mass is 10.0. The van der Waals surface area contributed by atoms with Crippen LogP contribution in [0.1, 0.15) is 12.0 Å². The summed E-state index contributed by atoms with van der Waals surface area (Å²) in [5, 5.41) is 0. The Bertz CT molecular complexity index is 487. The van der Waals surface area contributed by atoms with E-state index in [1.807, 2.05) is 18.5 Å². The number of hydrogen-bond donors (Lipinski definition) is 0. The second-order valence-corrected chi connectivity index (χ2v) is 3.66. The van der Waals surface area contributed by atoms with Crippen LogP contribution >= 0.6 is 0 Å². The molecule has 0 bridgehead atoms. The molecule has 0 aliphatic carbocycles. The Balaban J connectivity index is 2.41. The van der Waals surface area contributed by atoms with Crippen LogP contribution in [-0.4, -0.2) is 16.7 Å². The number of aryl methyl sites for hydroxylation is 2. The van der Waals surface area contributed by atoms with Crippen molar-refractivity contribution in [3.05, 3.63) is 24.0 Å². The molecule has 2 aromatic rings.